The van der Waals surface area contributed by atoms with E-state index < -0.39 is 42.1 Å². The number of aliphatic hydroxyl groups excluding tert-OH is 6. The van der Waals surface area contributed by atoms with Crippen LogP contribution in [0.5, 0.6) is 0 Å². The summed E-state index contributed by atoms with van der Waals surface area (Å²) in [6, 6.07) is 0. The van der Waals surface area contributed by atoms with Crippen LogP contribution in [0.25, 0.3) is 0 Å². The van der Waals surface area contributed by atoms with Crippen LogP contribution in [0.1, 0.15) is 20.8 Å². The van der Waals surface area contributed by atoms with Gasteiger partial charge < -0.3 is 73.6 Å². The summed E-state index contributed by atoms with van der Waals surface area (Å²) < 4.78 is 12.7. The molecule has 0 aromatic carbocycles. The summed E-state index contributed by atoms with van der Waals surface area (Å²) in [5.74, 6) is 0. The second-order valence-electron chi connectivity index (χ2n) is 7.87. The van der Waals surface area contributed by atoms with Gasteiger partial charge in [0, 0.05) is 16.2 Å². The number of hydrogen-bond acceptors (Lipinski definition) is 18. The molecule has 40 heavy (non-hydrogen) atoms. The van der Waals surface area contributed by atoms with Gasteiger partial charge in [-0.1, -0.05) is 20.8 Å². The number of rotatable bonds is 15. The van der Waals surface area contributed by atoms with Crippen LogP contribution in [0.15, 0.2) is 0 Å². The number of carbonyl (C=O) groups excluding carboxylic acids is 3. The quantitative estimate of drug-likeness (QED) is 0.0674. The molecule has 0 rings (SSSR count). The van der Waals surface area contributed by atoms with Crippen LogP contribution >= 0.6 is 25.8 Å². The van der Waals surface area contributed by atoms with E-state index in [4.69, 9.17) is 45.0 Å². The van der Waals surface area contributed by atoms with Crippen LogP contribution in [0.4, 0.5) is 0 Å². The van der Waals surface area contributed by atoms with Crippen LogP contribution in [0.3, 0.4) is 0 Å². The molecule has 0 amide bonds. The smallest absolute Gasteiger partial charge is 0.820 e. The maximum Gasteiger partial charge on any atom is 6.00 e. The minimum absolute atomic E-state index is 0. The Morgan fingerprint density at radius 2 is 0.600 bits per heavy atom. The molecule has 234 valence electrons. The fourth-order valence-corrected chi connectivity index (χ4v) is 2.30. The van der Waals surface area contributed by atoms with Crippen molar-refractivity contribution in [2.45, 2.75) is 20.8 Å². The van der Waals surface area contributed by atoms with Gasteiger partial charge in [-0.2, -0.15) is 25.8 Å². The fraction of sp³-hybridized carbons (Fsp3) is 0.833. The summed E-state index contributed by atoms with van der Waals surface area (Å²) in [7, 11) is -8.70. The molecule has 0 aliphatic rings. The third-order valence-electron chi connectivity index (χ3n) is 3.85. The van der Waals surface area contributed by atoms with Crippen LogP contribution in [-0.4, -0.2) is 110 Å². The summed E-state index contributed by atoms with van der Waals surface area (Å²) in [4.78, 5) is 82.1. The van der Waals surface area contributed by atoms with E-state index in [2.05, 4.69) is 33.9 Å². The van der Waals surface area contributed by atoms with Crippen molar-refractivity contribution < 1.29 is 109 Å². The van der Waals surface area contributed by atoms with Gasteiger partial charge in [-0.15, -0.1) is 0 Å². The normalized spacial score (nSPS) is 10.7. The van der Waals surface area contributed by atoms with Crippen LogP contribution < -0.4 is 29.4 Å². The van der Waals surface area contributed by atoms with E-state index in [1.54, 1.807) is 0 Å². The Morgan fingerprint density at radius 1 is 0.475 bits per heavy atom. The summed E-state index contributed by atoms with van der Waals surface area (Å²) in [5, 5.41) is 52.0. The van der Waals surface area contributed by atoms with E-state index in [0.29, 0.717) is 0 Å². The summed E-state index contributed by atoms with van der Waals surface area (Å²) in [5.41, 5.74) is -2.64. The van der Waals surface area contributed by atoms with Crippen LogP contribution in [0, 0.1) is 16.2 Å². The van der Waals surface area contributed by atoms with Gasteiger partial charge in [0.05, 0.1) is 59.5 Å². The first-order valence-corrected chi connectivity index (χ1v) is 13.0. The van der Waals surface area contributed by atoms with Gasteiger partial charge in [-0.25, -0.2) is 0 Å². The zero-order valence-electron chi connectivity index (χ0n) is 21.7. The summed E-state index contributed by atoms with van der Waals surface area (Å²) in [6.45, 7) is 15.6. The maximum absolute atomic E-state index is 9.93. The van der Waals surface area contributed by atoms with E-state index in [1.807, 2.05) is 0 Å². The van der Waals surface area contributed by atoms with Crippen molar-refractivity contribution in [3.63, 3.8) is 0 Å². The molecule has 0 aliphatic heterocycles. The Bertz CT molecular complexity index is 420. The molecule has 0 unspecified atom stereocenters. The predicted molar refractivity (Wildman–Crippen MR) is 123 cm³/mol. The predicted octanol–water partition coefficient (Wildman–Crippen LogP) is -7.37. The molecular weight excluding hydrogens is 693 g/mol. The number of aliphatic hydroxyl groups is 6. The Labute approximate surface area is 251 Å². The van der Waals surface area contributed by atoms with Crippen LogP contribution in [-0.2, 0) is 49.0 Å². The third kappa shape index (κ3) is 40.5. The SMILES string of the molecule is CC(CO)(CO)COP([O-])[O-].CC(CO)(CO)COP([O-])[O-].CC(CO)(CO)COP([O-])[O-].[C]=O.[C]=O.[C]=O.[Mo+6]. The van der Waals surface area contributed by atoms with Gasteiger partial charge in [0.25, 0.3) is 20.4 Å². The monoisotopic (exact) mass is 728 g/mol. The minimum atomic E-state index is -2.90. The third-order valence-corrected chi connectivity index (χ3v) is 4.87. The van der Waals surface area contributed by atoms with Crippen molar-refractivity contribution in [1.29, 1.82) is 0 Å². The van der Waals surface area contributed by atoms with E-state index >= 15 is 0 Å². The van der Waals surface area contributed by atoms with Gasteiger partial charge in [0.15, 0.2) is 0 Å². The molecule has 0 spiro atoms. The molecule has 0 aromatic rings. The van der Waals surface area contributed by atoms with Gasteiger partial charge in [0.2, 0.25) is 0 Å². The van der Waals surface area contributed by atoms with E-state index in [1.165, 1.54) is 20.8 Å². The Hall–Kier alpha value is 0.388. The second-order valence-corrected chi connectivity index (χ2v) is 9.99. The Morgan fingerprint density at radius 3 is 0.675 bits per heavy atom. The molecule has 0 atom stereocenters. The zero-order valence-corrected chi connectivity index (χ0v) is 26.4. The molecule has 6 radical (unpaired) electrons. The topological polar surface area (TPSA) is 339 Å². The first kappa shape index (κ1) is 56.2. The van der Waals surface area contributed by atoms with E-state index in [9.17, 15) is 29.4 Å². The van der Waals surface area contributed by atoms with Crippen molar-refractivity contribution in [3.8, 4) is 0 Å². The Balaban J connectivity index is -0.0000000735. The maximum atomic E-state index is 9.93. The molecule has 22 heteroatoms. The number of hydrogen-bond donors (Lipinski definition) is 6. The largest absolute Gasteiger partial charge is 6.00 e. The molecular formula is C18H33MoO18P3. The second kappa shape index (κ2) is 37.4. The van der Waals surface area contributed by atoms with Crippen molar-refractivity contribution in [1.82, 2.24) is 0 Å². The van der Waals surface area contributed by atoms with Crippen molar-refractivity contribution >= 4 is 46.2 Å². The van der Waals surface area contributed by atoms with Gasteiger partial charge in [-0.05, 0) is 0 Å². The van der Waals surface area contributed by atoms with Gasteiger partial charge in [-0.3, -0.25) is 14.4 Å². The molecule has 0 heterocycles. The van der Waals surface area contributed by atoms with Crippen molar-refractivity contribution in [2.75, 3.05) is 59.5 Å². The molecule has 0 aromatic heterocycles. The van der Waals surface area contributed by atoms with E-state index in [0.717, 1.165) is 0 Å². The van der Waals surface area contributed by atoms with Gasteiger partial charge >= 0.3 is 21.1 Å². The van der Waals surface area contributed by atoms with Crippen molar-refractivity contribution in [2.24, 2.45) is 16.2 Å². The summed E-state index contributed by atoms with van der Waals surface area (Å²) >= 11 is 0. The van der Waals surface area contributed by atoms with Crippen molar-refractivity contribution in [3.05, 3.63) is 0 Å². The first-order chi connectivity index (χ1) is 18.1. The molecule has 0 aliphatic carbocycles. The average molecular weight is 726 g/mol. The molecule has 0 saturated heterocycles. The van der Waals surface area contributed by atoms with Crippen LogP contribution in [0.2, 0.25) is 0 Å². The average Bonchev–Trinajstić information content (AvgIpc) is 2.97. The zero-order chi connectivity index (χ0) is 32.7. The standard InChI is InChI=1S/3C5H11O5P.3CO.Mo/c3*1-5(2-6,3-7)4-10-11(8)9;3*1-2;/h3*6-7H,2-4H2,1H3;;;;/q3*-2;;;;+6. The molecule has 0 bridgehead atoms. The summed E-state index contributed by atoms with van der Waals surface area (Å²) in [6.07, 6.45) is 0. The van der Waals surface area contributed by atoms with Gasteiger partial charge in [0.1, 0.15) is 0 Å². The minimum Gasteiger partial charge on any atom is -0.820 e. The fourth-order valence-electron chi connectivity index (χ4n) is 1.05. The Kier molecular flexibility index (Phi) is 52.6. The van der Waals surface area contributed by atoms with E-state index in [-0.39, 0.29) is 80.5 Å². The molecule has 18 nitrogen and oxygen atoms in total. The molecule has 0 fully saturated rings. The first-order valence-electron chi connectivity index (χ1n) is 9.70. The molecule has 6 N–H and O–H groups in total. The molecule has 0 saturated carbocycles.